The lowest BCUT2D eigenvalue weighted by Gasteiger charge is -2.34. The van der Waals surface area contributed by atoms with Crippen LogP contribution >= 0.6 is 0 Å². The Balaban J connectivity index is 1.43. The van der Waals surface area contributed by atoms with Crippen LogP contribution in [0.25, 0.3) is 0 Å². The van der Waals surface area contributed by atoms with Crippen molar-refractivity contribution in [3.63, 3.8) is 0 Å². The molecular formula is C16H24N4. The zero-order valence-corrected chi connectivity index (χ0v) is 12.2. The summed E-state index contributed by atoms with van der Waals surface area (Å²) in [5.74, 6) is 0.877. The van der Waals surface area contributed by atoms with Crippen LogP contribution in [0.5, 0.6) is 0 Å². The quantitative estimate of drug-likeness (QED) is 0.788. The Morgan fingerprint density at radius 1 is 1.00 bits per heavy atom. The molecule has 0 saturated carbocycles. The molecule has 20 heavy (non-hydrogen) atoms. The van der Waals surface area contributed by atoms with Crippen LogP contribution in [0.3, 0.4) is 0 Å². The monoisotopic (exact) mass is 272 g/mol. The summed E-state index contributed by atoms with van der Waals surface area (Å²) >= 11 is 0. The molecule has 2 aliphatic rings. The maximum atomic E-state index is 4.33. The fraction of sp³-hybridized carbons (Fsp3) is 0.625. The first-order valence-corrected chi connectivity index (χ1v) is 7.84. The number of nitrogens with zero attached hydrogens (tertiary/aromatic N) is 4. The van der Waals surface area contributed by atoms with Gasteiger partial charge in [-0.15, -0.1) is 0 Å². The van der Waals surface area contributed by atoms with Gasteiger partial charge < -0.3 is 4.90 Å². The largest absolute Gasteiger partial charge is 0.338 e. The number of piperazine rings is 1. The van der Waals surface area contributed by atoms with Crippen LogP contribution in [0.2, 0.25) is 0 Å². The van der Waals surface area contributed by atoms with E-state index in [1.54, 1.807) is 5.57 Å². The van der Waals surface area contributed by atoms with Gasteiger partial charge in [-0.3, -0.25) is 4.90 Å². The number of hydrogen-bond acceptors (Lipinski definition) is 4. The minimum atomic E-state index is 0.877. The lowest BCUT2D eigenvalue weighted by Crippen LogP contribution is -2.47. The van der Waals surface area contributed by atoms with E-state index < -0.39 is 0 Å². The Labute approximate surface area is 121 Å². The van der Waals surface area contributed by atoms with Gasteiger partial charge in [-0.2, -0.15) is 0 Å². The summed E-state index contributed by atoms with van der Waals surface area (Å²) in [6, 6.07) is 1.87. The molecule has 1 aliphatic carbocycles. The zero-order chi connectivity index (χ0) is 13.6. The molecule has 4 heteroatoms. The molecule has 1 aliphatic heterocycles. The average Bonchev–Trinajstić information content (AvgIpc) is 2.55. The second-order valence-corrected chi connectivity index (χ2v) is 5.74. The maximum Gasteiger partial charge on any atom is 0.225 e. The van der Waals surface area contributed by atoms with Crippen LogP contribution in [-0.4, -0.2) is 47.6 Å². The first-order chi connectivity index (χ1) is 9.92. The zero-order valence-electron chi connectivity index (χ0n) is 12.2. The predicted molar refractivity (Wildman–Crippen MR) is 81.9 cm³/mol. The van der Waals surface area contributed by atoms with Gasteiger partial charge in [-0.05, 0) is 38.2 Å². The molecule has 0 aromatic carbocycles. The van der Waals surface area contributed by atoms with Crippen molar-refractivity contribution in [2.45, 2.75) is 32.1 Å². The molecule has 1 aromatic heterocycles. The van der Waals surface area contributed by atoms with E-state index in [0.29, 0.717) is 0 Å². The van der Waals surface area contributed by atoms with Gasteiger partial charge in [-0.25, -0.2) is 9.97 Å². The van der Waals surface area contributed by atoms with Crippen molar-refractivity contribution in [2.75, 3.05) is 37.6 Å². The first-order valence-electron chi connectivity index (χ1n) is 7.84. The molecular weight excluding hydrogens is 248 g/mol. The molecule has 1 aromatic rings. The highest BCUT2D eigenvalue weighted by Crippen LogP contribution is 2.20. The molecule has 1 saturated heterocycles. The van der Waals surface area contributed by atoms with Gasteiger partial charge in [0.1, 0.15) is 0 Å². The van der Waals surface area contributed by atoms with Gasteiger partial charge in [0.15, 0.2) is 0 Å². The Kier molecular flexibility index (Phi) is 4.64. The SMILES string of the molecule is C1=C(CCN2CCN(c3ncccn3)CC2)CCCC1. The highest BCUT2D eigenvalue weighted by molar-refractivity contribution is 5.29. The summed E-state index contributed by atoms with van der Waals surface area (Å²) in [5, 5.41) is 0. The van der Waals surface area contributed by atoms with Crippen molar-refractivity contribution >= 4 is 5.95 Å². The number of aromatic nitrogens is 2. The lowest BCUT2D eigenvalue weighted by atomic mass is 9.97. The van der Waals surface area contributed by atoms with E-state index in [0.717, 1.165) is 32.1 Å². The molecule has 0 bridgehead atoms. The van der Waals surface area contributed by atoms with Crippen molar-refractivity contribution in [2.24, 2.45) is 0 Å². The lowest BCUT2D eigenvalue weighted by molar-refractivity contribution is 0.258. The fourth-order valence-corrected chi connectivity index (χ4v) is 3.06. The third-order valence-corrected chi connectivity index (χ3v) is 4.34. The summed E-state index contributed by atoms with van der Waals surface area (Å²) < 4.78 is 0. The smallest absolute Gasteiger partial charge is 0.225 e. The highest BCUT2D eigenvalue weighted by atomic mass is 15.3. The van der Waals surface area contributed by atoms with E-state index in [2.05, 4.69) is 25.8 Å². The normalized spacial score (nSPS) is 20.8. The fourth-order valence-electron chi connectivity index (χ4n) is 3.06. The Bertz CT molecular complexity index is 435. The highest BCUT2D eigenvalue weighted by Gasteiger charge is 2.18. The molecule has 0 amide bonds. The van der Waals surface area contributed by atoms with E-state index in [1.165, 1.54) is 38.6 Å². The van der Waals surface area contributed by atoms with Gasteiger partial charge in [0.25, 0.3) is 0 Å². The van der Waals surface area contributed by atoms with E-state index in [4.69, 9.17) is 0 Å². The molecule has 1 fully saturated rings. The van der Waals surface area contributed by atoms with Crippen LogP contribution in [0, 0.1) is 0 Å². The van der Waals surface area contributed by atoms with Crippen LogP contribution < -0.4 is 4.90 Å². The third-order valence-electron chi connectivity index (χ3n) is 4.34. The Hall–Kier alpha value is -1.42. The van der Waals surface area contributed by atoms with Crippen molar-refractivity contribution < 1.29 is 0 Å². The standard InChI is InChI=1S/C16H24N4/c1-2-5-15(6-3-1)7-10-19-11-13-20(14-12-19)16-17-8-4-9-18-16/h4-5,8-9H,1-3,6-7,10-14H2. The summed E-state index contributed by atoms with van der Waals surface area (Å²) in [5.41, 5.74) is 1.69. The van der Waals surface area contributed by atoms with Crippen LogP contribution in [0.4, 0.5) is 5.95 Å². The first kappa shape index (κ1) is 13.6. The summed E-state index contributed by atoms with van der Waals surface area (Å²) in [6.45, 7) is 5.57. The average molecular weight is 272 g/mol. The molecule has 0 N–H and O–H groups in total. The second kappa shape index (κ2) is 6.84. The molecule has 0 spiro atoms. The van der Waals surface area contributed by atoms with Gasteiger partial charge >= 0.3 is 0 Å². The minimum absolute atomic E-state index is 0.877. The van der Waals surface area contributed by atoms with Crippen molar-refractivity contribution in [3.05, 3.63) is 30.1 Å². The number of allylic oxidation sites excluding steroid dienone is 1. The topological polar surface area (TPSA) is 32.3 Å². The predicted octanol–water partition coefficient (Wildman–Crippen LogP) is 2.49. The van der Waals surface area contributed by atoms with E-state index in [9.17, 15) is 0 Å². The van der Waals surface area contributed by atoms with Gasteiger partial charge in [-0.1, -0.05) is 11.6 Å². The summed E-state index contributed by atoms with van der Waals surface area (Å²) in [4.78, 5) is 13.5. The maximum absolute atomic E-state index is 4.33. The van der Waals surface area contributed by atoms with Crippen molar-refractivity contribution in [3.8, 4) is 0 Å². The Morgan fingerprint density at radius 2 is 1.80 bits per heavy atom. The van der Waals surface area contributed by atoms with Gasteiger partial charge in [0, 0.05) is 45.1 Å². The van der Waals surface area contributed by atoms with E-state index in [1.807, 2.05) is 18.5 Å². The van der Waals surface area contributed by atoms with Crippen molar-refractivity contribution in [1.29, 1.82) is 0 Å². The van der Waals surface area contributed by atoms with Crippen LogP contribution in [0.1, 0.15) is 32.1 Å². The molecule has 0 radical (unpaired) electrons. The number of rotatable bonds is 4. The Morgan fingerprint density at radius 3 is 2.50 bits per heavy atom. The van der Waals surface area contributed by atoms with Gasteiger partial charge in [0.2, 0.25) is 5.95 Å². The minimum Gasteiger partial charge on any atom is -0.338 e. The number of hydrogen-bond donors (Lipinski definition) is 0. The molecule has 4 nitrogen and oxygen atoms in total. The summed E-state index contributed by atoms with van der Waals surface area (Å²) in [7, 11) is 0. The second-order valence-electron chi connectivity index (χ2n) is 5.74. The molecule has 108 valence electrons. The molecule has 0 atom stereocenters. The molecule has 0 unspecified atom stereocenters. The van der Waals surface area contributed by atoms with E-state index in [-0.39, 0.29) is 0 Å². The van der Waals surface area contributed by atoms with Gasteiger partial charge in [0.05, 0.1) is 0 Å². The van der Waals surface area contributed by atoms with Crippen LogP contribution in [0.15, 0.2) is 30.1 Å². The van der Waals surface area contributed by atoms with E-state index >= 15 is 0 Å². The summed E-state index contributed by atoms with van der Waals surface area (Å²) in [6.07, 6.45) is 12.8. The molecule has 2 heterocycles. The van der Waals surface area contributed by atoms with Crippen LogP contribution in [-0.2, 0) is 0 Å². The number of anilines is 1. The van der Waals surface area contributed by atoms with Crippen molar-refractivity contribution in [1.82, 2.24) is 14.9 Å². The molecule has 3 rings (SSSR count). The third kappa shape index (κ3) is 3.57.